The molecule has 1 atom stereocenters. The minimum atomic E-state index is -4.41. The Kier molecular flexibility index (Phi) is 6.24. The Bertz CT molecular complexity index is 821. The van der Waals surface area contributed by atoms with Gasteiger partial charge in [0.1, 0.15) is 0 Å². The van der Waals surface area contributed by atoms with E-state index in [1.807, 2.05) is 11.9 Å². The van der Waals surface area contributed by atoms with E-state index in [2.05, 4.69) is 10.6 Å². The van der Waals surface area contributed by atoms with Gasteiger partial charge in [-0.25, -0.2) is 0 Å². The molecule has 4 nitrogen and oxygen atoms in total. The monoisotopic (exact) mass is 391 g/mol. The summed E-state index contributed by atoms with van der Waals surface area (Å²) in [6, 6.07) is 11.9. The summed E-state index contributed by atoms with van der Waals surface area (Å²) in [6.07, 6.45) is -2.39. The minimum Gasteiger partial charge on any atom is -0.355 e. The molecule has 1 saturated heterocycles. The molecular weight excluding hydrogens is 367 g/mol. The number of carbonyl (C=O) groups is 1. The van der Waals surface area contributed by atoms with E-state index in [-0.39, 0.29) is 5.91 Å². The quantitative estimate of drug-likeness (QED) is 0.788. The fourth-order valence-corrected chi connectivity index (χ4v) is 3.58. The molecule has 2 aromatic carbocycles. The van der Waals surface area contributed by atoms with Gasteiger partial charge >= 0.3 is 6.18 Å². The van der Waals surface area contributed by atoms with Crippen molar-refractivity contribution in [3.05, 3.63) is 59.7 Å². The molecule has 1 heterocycles. The summed E-state index contributed by atoms with van der Waals surface area (Å²) in [5, 5.41) is 6.14. The number of hydrogen-bond donors (Lipinski definition) is 2. The van der Waals surface area contributed by atoms with Crippen molar-refractivity contribution in [2.45, 2.75) is 19.0 Å². The maximum atomic E-state index is 13.1. The number of piperidine rings is 1. The lowest BCUT2D eigenvalue weighted by molar-refractivity contribution is -0.137. The van der Waals surface area contributed by atoms with Crippen LogP contribution in [0.25, 0.3) is 0 Å². The third-order valence-electron chi connectivity index (χ3n) is 4.93. The number of alkyl halides is 3. The fourth-order valence-electron chi connectivity index (χ4n) is 3.58. The average Bonchev–Trinajstić information content (AvgIpc) is 2.68. The molecule has 28 heavy (non-hydrogen) atoms. The van der Waals surface area contributed by atoms with Gasteiger partial charge in [0.05, 0.1) is 16.8 Å². The van der Waals surface area contributed by atoms with Crippen molar-refractivity contribution in [3.8, 4) is 0 Å². The normalized spacial score (nSPS) is 17.4. The number of nitrogens with one attached hydrogen (secondary N) is 2. The molecular formula is C21H24F3N3O. The van der Waals surface area contributed by atoms with Crippen molar-refractivity contribution in [1.29, 1.82) is 0 Å². The molecule has 2 N–H and O–H groups in total. The largest absolute Gasteiger partial charge is 0.416 e. The highest BCUT2D eigenvalue weighted by Gasteiger charge is 2.30. The van der Waals surface area contributed by atoms with Gasteiger partial charge in [-0.3, -0.25) is 4.79 Å². The van der Waals surface area contributed by atoms with Crippen LogP contribution in [0.15, 0.2) is 48.5 Å². The molecule has 0 aliphatic carbocycles. The van der Waals surface area contributed by atoms with Gasteiger partial charge in [-0.1, -0.05) is 18.2 Å². The summed E-state index contributed by atoms with van der Waals surface area (Å²) in [6.45, 7) is 2.22. The Labute approximate surface area is 162 Å². The lowest BCUT2D eigenvalue weighted by Gasteiger charge is -2.33. The summed E-state index contributed by atoms with van der Waals surface area (Å²) in [5.74, 6) is 0.308. The smallest absolute Gasteiger partial charge is 0.355 e. The van der Waals surface area contributed by atoms with E-state index < -0.39 is 11.7 Å². The van der Waals surface area contributed by atoms with Crippen LogP contribution in [0.4, 0.5) is 24.5 Å². The van der Waals surface area contributed by atoms with Gasteiger partial charge in [0.25, 0.3) is 5.91 Å². The number of carbonyl (C=O) groups excluding carboxylic acids is 1. The summed E-state index contributed by atoms with van der Waals surface area (Å²) >= 11 is 0. The minimum absolute atomic E-state index is 0.101. The van der Waals surface area contributed by atoms with Crippen molar-refractivity contribution >= 4 is 17.3 Å². The summed E-state index contributed by atoms with van der Waals surface area (Å²) in [4.78, 5) is 14.9. The van der Waals surface area contributed by atoms with E-state index in [9.17, 15) is 18.0 Å². The van der Waals surface area contributed by atoms with E-state index in [0.29, 0.717) is 35.9 Å². The lowest BCUT2D eigenvalue weighted by Crippen LogP contribution is -2.42. The lowest BCUT2D eigenvalue weighted by atomic mass is 9.97. The van der Waals surface area contributed by atoms with Crippen LogP contribution in [0, 0.1) is 5.92 Å². The van der Waals surface area contributed by atoms with Crippen molar-refractivity contribution < 1.29 is 18.0 Å². The van der Waals surface area contributed by atoms with Crippen LogP contribution in [0.1, 0.15) is 28.8 Å². The van der Waals surface area contributed by atoms with Gasteiger partial charge in [0, 0.05) is 18.8 Å². The molecule has 0 aromatic heterocycles. The zero-order valence-corrected chi connectivity index (χ0v) is 15.7. The van der Waals surface area contributed by atoms with E-state index in [0.717, 1.165) is 31.5 Å². The van der Waals surface area contributed by atoms with E-state index in [4.69, 9.17) is 0 Å². The summed E-state index contributed by atoms with van der Waals surface area (Å²) in [5.41, 5.74) is 0.529. The highest BCUT2D eigenvalue weighted by atomic mass is 19.4. The Balaban J connectivity index is 1.81. The first-order chi connectivity index (χ1) is 13.4. The molecule has 1 unspecified atom stereocenters. The Morgan fingerprint density at radius 2 is 1.96 bits per heavy atom. The van der Waals surface area contributed by atoms with Gasteiger partial charge in [0.15, 0.2) is 0 Å². The molecule has 150 valence electrons. The third-order valence-corrected chi connectivity index (χ3v) is 4.93. The molecule has 2 aromatic rings. The number of halogens is 3. The molecule has 0 spiro atoms. The van der Waals surface area contributed by atoms with Crippen LogP contribution in [-0.2, 0) is 6.18 Å². The van der Waals surface area contributed by atoms with Crippen molar-refractivity contribution in [3.63, 3.8) is 0 Å². The van der Waals surface area contributed by atoms with Crippen molar-refractivity contribution in [1.82, 2.24) is 10.2 Å². The number of hydrogen-bond acceptors (Lipinski definition) is 3. The number of likely N-dealkylation sites (tertiary alicyclic amines) is 1. The van der Waals surface area contributed by atoms with E-state index in [1.165, 1.54) is 6.07 Å². The molecule has 0 radical (unpaired) electrons. The first kappa shape index (κ1) is 20.2. The Hall–Kier alpha value is -2.54. The van der Waals surface area contributed by atoms with Gasteiger partial charge in [-0.15, -0.1) is 0 Å². The fraction of sp³-hybridized carbons (Fsp3) is 0.381. The van der Waals surface area contributed by atoms with Crippen LogP contribution in [0.5, 0.6) is 0 Å². The third kappa shape index (κ3) is 4.84. The second kappa shape index (κ2) is 8.65. The number of amides is 1. The maximum absolute atomic E-state index is 13.1. The summed E-state index contributed by atoms with van der Waals surface area (Å²) in [7, 11) is 1.90. The van der Waals surface area contributed by atoms with Crippen molar-refractivity contribution in [2.24, 2.45) is 5.92 Å². The van der Waals surface area contributed by atoms with Crippen molar-refractivity contribution in [2.75, 3.05) is 32.0 Å². The van der Waals surface area contributed by atoms with Gasteiger partial charge < -0.3 is 15.5 Å². The molecule has 1 amide bonds. The van der Waals surface area contributed by atoms with E-state index in [1.54, 1.807) is 30.3 Å². The van der Waals surface area contributed by atoms with Crippen LogP contribution in [0.2, 0.25) is 0 Å². The maximum Gasteiger partial charge on any atom is 0.416 e. The predicted octanol–water partition coefficient (Wildman–Crippen LogP) is 4.52. The molecule has 7 heteroatoms. The number of rotatable bonds is 5. The summed E-state index contributed by atoms with van der Waals surface area (Å²) < 4.78 is 38.9. The topological polar surface area (TPSA) is 44.4 Å². The number of benzene rings is 2. The van der Waals surface area contributed by atoms with Gasteiger partial charge in [-0.2, -0.15) is 13.2 Å². The molecule has 0 bridgehead atoms. The zero-order chi connectivity index (χ0) is 20.1. The predicted molar refractivity (Wildman–Crippen MR) is 104 cm³/mol. The Morgan fingerprint density at radius 1 is 1.18 bits per heavy atom. The molecule has 1 fully saturated rings. The van der Waals surface area contributed by atoms with Gasteiger partial charge in [-0.05, 0) is 62.7 Å². The Morgan fingerprint density at radius 3 is 2.71 bits per heavy atom. The zero-order valence-electron chi connectivity index (χ0n) is 15.7. The standard InChI is InChI=1S/C21H24F3N3O/c1-25-13-15-6-5-11-27(14-15)20(28)18-9-2-3-10-19(18)26-17-8-4-7-16(12-17)21(22,23)24/h2-4,7-10,12,15,25-26H,5-6,11,13-14H2,1H3. The SMILES string of the molecule is CNCC1CCCN(C(=O)c2ccccc2Nc2cccc(C(F)(F)F)c2)C1. The first-order valence-corrected chi connectivity index (χ1v) is 9.35. The average molecular weight is 391 g/mol. The van der Waals surface area contributed by atoms with Gasteiger partial charge in [0.2, 0.25) is 0 Å². The molecule has 1 aliphatic heterocycles. The van der Waals surface area contributed by atoms with Crippen LogP contribution in [-0.4, -0.2) is 37.5 Å². The van der Waals surface area contributed by atoms with E-state index >= 15 is 0 Å². The number of anilines is 2. The second-order valence-corrected chi connectivity index (χ2v) is 7.07. The van der Waals surface area contributed by atoms with Crippen LogP contribution < -0.4 is 10.6 Å². The molecule has 1 aliphatic rings. The van der Waals surface area contributed by atoms with Crippen LogP contribution in [0.3, 0.4) is 0 Å². The highest BCUT2D eigenvalue weighted by molar-refractivity contribution is 6.00. The molecule has 0 saturated carbocycles. The van der Waals surface area contributed by atoms with Crippen LogP contribution >= 0.6 is 0 Å². The number of nitrogens with zero attached hydrogens (tertiary/aromatic N) is 1. The highest BCUT2D eigenvalue weighted by Crippen LogP contribution is 2.32. The first-order valence-electron chi connectivity index (χ1n) is 9.35. The molecule has 3 rings (SSSR count). The second-order valence-electron chi connectivity index (χ2n) is 7.07. The number of para-hydroxylation sites is 1.